The molecular weight excluding hydrogens is 424 g/mol. The van der Waals surface area contributed by atoms with Gasteiger partial charge in [-0.1, -0.05) is 30.3 Å². The van der Waals surface area contributed by atoms with Crippen LogP contribution >= 0.6 is 12.2 Å². The third kappa shape index (κ3) is 3.83. The minimum absolute atomic E-state index is 0.0133. The molecule has 3 heterocycles. The topological polar surface area (TPSA) is 33.1 Å². The maximum absolute atomic E-state index is 5.87. The van der Waals surface area contributed by atoms with Gasteiger partial charge in [-0.3, -0.25) is 4.98 Å². The minimum atomic E-state index is -0.0490. The Balaban J connectivity index is 1.69. The van der Waals surface area contributed by atoms with Crippen molar-refractivity contribution >= 4 is 23.0 Å². The highest BCUT2D eigenvalue weighted by atomic mass is 32.1. The van der Waals surface area contributed by atoms with Crippen LogP contribution in [0.5, 0.6) is 0 Å². The number of rotatable bonds is 4. The predicted octanol–water partition coefficient (Wildman–Crippen LogP) is 6.28. The van der Waals surface area contributed by atoms with E-state index < -0.39 is 0 Å². The zero-order chi connectivity index (χ0) is 23.1. The van der Waals surface area contributed by atoms with E-state index in [0.717, 1.165) is 16.5 Å². The summed E-state index contributed by atoms with van der Waals surface area (Å²) in [6, 6.07) is 25.4. The summed E-state index contributed by atoms with van der Waals surface area (Å²) in [5.74, 6) is 0. The molecule has 5 heteroatoms. The van der Waals surface area contributed by atoms with E-state index in [1.807, 2.05) is 24.4 Å². The van der Waals surface area contributed by atoms with Gasteiger partial charge >= 0.3 is 0 Å². The van der Waals surface area contributed by atoms with Crippen LogP contribution < -0.4 is 10.2 Å². The average molecular weight is 453 g/mol. The molecule has 0 saturated carbocycles. The first kappa shape index (κ1) is 21.4. The van der Waals surface area contributed by atoms with Crippen LogP contribution in [0, 0.1) is 27.7 Å². The Morgan fingerprint density at radius 1 is 0.818 bits per heavy atom. The molecule has 0 radical (unpaired) electrons. The lowest BCUT2D eigenvalue weighted by Crippen LogP contribution is -2.29. The van der Waals surface area contributed by atoms with E-state index >= 15 is 0 Å². The van der Waals surface area contributed by atoms with E-state index in [1.165, 1.54) is 33.8 Å². The van der Waals surface area contributed by atoms with E-state index in [0.29, 0.717) is 0 Å². The Hall–Kier alpha value is -3.44. The highest BCUT2D eigenvalue weighted by Crippen LogP contribution is 2.43. The van der Waals surface area contributed by atoms with Crippen LogP contribution in [0.4, 0.5) is 5.69 Å². The van der Waals surface area contributed by atoms with Gasteiger partial charge < -0.3 is 14.8 Å². The molecule has 2 aromatic carbocycles. The second-order valence-electron chi connectivity index (χ2n) is 8.84. The molecule has 0 aliphatic carbocycles. The zero-order valence-electron chi connectivity index (χ0n) is 19.4. The van der Waals surface area contributed by atoms with Crippen LogP contribution in [0.2, 0.25) is 0 Å². The lowest BCUT2D eigenvalue weighted by atomic mass is 9.96. The molecule has 1 saturated heterocycles. The molecule has 2 aromatic heterocycles. The molecule has 0 amide bonds. The summed E-state index contributed by atoms with van der Waals surface area (Å²) in [6.45, 7) is 8.69. The van der Waals surface area contributed by atoms with E-state index in [-0.39, 0.29) is 12.1 Å². The number of nitrogens with one attached hydrogen (secondary N) is 1. The summed E-state index contributed by atoms with van der Waals surface area (Å²) in [6.07, 6.45) is 1.85. The highest BCUT2D eigenvalue weighted by Gasteiger charge is 2.42. The fourth-order valence-electron chi connectivity index (χ4n) is 5.10. The second-order valence-corrected chi connectivity index (χ2v) is 9.23. The molecule has 166 valence electrons. The fourth-order valence-corrected chi connectivity index (χ4v) is 5.45. The molecule has 2 atom stereocenters. The number of para-hydroxylation sites is 1. The Morgan fingerprint density at radius 2 is 1.52 bits per heavy atom. The van der Waals surface area contributed by atoms with Crippen molar-refractivity contribution in [3.05, 3.63) is 113 Å². The van der Waals surface area contributed by atoms with Gasteiger partial charge in [0.25, 0.3) is 0 Å². The number of nitrogens with zero attached hydrogens (tertiary/aromatic N) is 3. The van der Waals surface area contributed by atoms with Crippen molar-refractivity contribution in [1.82, 2.24) is 14.9 Å². The monoisotopic (exact) mass is 452 g/mol. The summed E-state index contributed by atoms with van der Waals surface area (Å²) in [5, 5.41) is 4.29. The molecule has 0 spiro atoms. The third-order valence-corrected chi connectivity index (χ3v) is 6.70. The van der Waals surface area contributed by atoms with Crippen molar-refractivity contribution in [2.45, 2.75) is 39.8 Å². The molecule has 5 rings (SSSR count). The lowest BCUT2D eigenvalue weighted by molar-refractivity contribution is 0.565. The molecule has 0 unspecified atom stereocenters. The van der Waals surface area contributed by atoms with Crippen LogP contribution in [0.15, 0.2) is 79.0 Å². The quantitative estimate of drug-likeness (QED) is 0.369. The number of pyridine rings is 1. The van der Waals surface area contributed by atoms with E-state index in [4.69, 9.17) is 12.2 Å². The minimum Gasteiger partial charge on any atom is -0.351 e. The molecule has 0 bridgehead atoms. The van der Waals surface area contributed by atoms with Crippen LogP contribution in [0.25, 0.3) is 5.69 Å². The molecule has 33 heavy (non-hydrogen) atoms. The summed E-state index contributed by atoms with van der Waals surface area (Å²) in [5.41, 5.74) is 9.46. The molecular formula is C28H28N4S. The Labute approximate surface area is 200 Å². The largest absolute Gasteiger partial charge is 0.351 e. The van der Waals surface area contributed by atoms with E-state index in [9.17, 15) is 0 Å². The van der Waals surface area contributed by atoms with Crippen LogP contribution in [0.1, 0.15) is 45.9 Å². The summed E-state index contributed by atoms with van der Waals surface area (Å²) < 4.78 is 2.36. The van der Waals surface area contributed by atoms with Crippen LogP contribution in [-0.4, -0.2) is 14.7 Å². The Morgan fingerprint density at radius 3 is 2.18 bits per heavy atom. The number of benzene rings is 2. The summed E-state index contributed by atoms with van der Waals surface area (Å²) >= 11 is 5.87. The van der Waals surface area contributed by atoms with Gasteiger partial charge in [-0.2, -0.15) is 0 Å². The Bertz CT molecular complexity index is 1290. The number of aromatic nitrogens is 2. The van der Waals surface area contributed by atoms with Gasteiger partial charge in [0, 0.05) is 29.0 Å². The molecule has 1 aliphatic heterocycles. The van der Waals surface area contributed by atoms with Crippen molar-refractivity contribution in [3.63, 3.8) is 0 Å². The SMILES string of the molecule is Cc1cc(C)cc(-n2c(C)cc([C@H]3[C@H](c4ccccn4)NC(=S)N3c3ccccc3)c2C)c1. The van der Waals surface area contributed by atoms with Gasteiger partial charge in [0.05, 0.1) is 17.8 Å². The summed E-state index contributed by atoms with van der Waals surface area (Å²) in [7, 11) is 0. The van der Waals surface area contributed by atoms with Crippen molar-refractivity contribution in [1.29, 1.82) is 0 Å². The molecule has 1 aliphatic rings. The maximum atomic E-state index is 5.87. The van der Waals surface area contributed by atoms with E-state index in [1.54, 1.807) is 0 Å². The lowest BCUT2D eigenvalue weighted by Gasteiger charge is -2.28. The van der Waals surface area contributed by atoms with E-state index in [2.05, 4.69) is 102 Å². The fraction of sp³-hybridized carbons (Fsp3) is 0.214. The molecule has 1 N–H and O–H groups in total. The predicted molar refractivity (Wildman–Crippen MR) is 139 cm³/mol. The third-order valence-electron chi connectivity index (χ3n) is 6.39. The van der Waals surface area contributed by atoms with Crippen molar-refractivity contribution in [2.75, 3.05) is 4.90 Å². The Kier molecular flexibility index (Phi) is 5.51. The van der Waals surface area contributed by atoms with Gasteiger partial charge in [0.2, 0.25) is 0 Å². The number of hydrogen-bond acceptors (Lipinski definition) is 2. The van der Waals surface area contributed by atoms with Gasteiger partial charge in [0.15, 0.2) is 5.11 Å². The standard InChI is InChI=1S/C28H28N4S/c1-18-14-19(2)16-23(15-18)31-20(3)17-24(21(31)4)27-26(25-12-8-9-13-29-25)30-28(33)32(27)22-10-6-5-7-11-22/h5-17,26-27H,1-4H3,(H,30,33)/t26-,27-/m0/s1. The molecule has 4 nitrogen and oxygen atoms in total. The first-order chi connectivity index (χ1) is 15.9. The van der Waals surface area contributed by atoms with Crippen molar-refractivity contribution in [2.24, 2.45) is 0 Å². The van der Waals surface area contributed by atoms with Crippen molar-refractivity contribution < 1.29 is 0 Å². The number of anilines is 1. The number of thiocarbonyl (C=S) groups is 1. The first-order valence-corrected chi connectivity index (χ1v) is 11.7. The smallest absolute Gasteiger partial charge is 0.174 e. The summed E-state index contributed by atoms with van der Waals surface area (Å²) in [4.78, 5) is 6.92. The molecule has 4 aromatic rings. The average Bonchev–Trinajstić information content (AvgIpc) is 3.29. The van der Waals surface area contributed by atoms with Gasteiger partial charge in [-0.15, -0.1) is 0 Å². The zero-order valence-corrected chi connectivity index (χ0v) is 20.2. The first-order valence-electron chi connectivity index (χ1n) is 11.3. The van der Waals surface area contributed by atoms with Gasteiger partial charge in [-0.25, -0.2) is 0 Å². The van der Waals surface area contributed by atoms with Crippen molar-refractivity contribution in [3.8, 4) is 5.69 Å². The van der Waals surface area contributed by atoms with Gasteiger partial charge in [0.1, 0.15) is 0 Å². The van der Waals surface area contributed by atoms with Crippen LogP contribution in [-0.2, 0) is 0 Å². The number of hydrogen-bond donors (Lipinski definition) is 1. The van der Waals surface area contributed by atoms with Gasteiger partial charge in [-0.05, 0) is 99.1 Å². The molecule has 1 fully saturated rings. The van der Waals surface area contributed by atoms with Crippen LogP contribution in [0.3, 0.4) is 0 Å². The maximum Gasteiger partial charge on any atom is 0.174 e. The highest BCUT2D eigenvalue weighted by molar-refractivity contribution is 7.80. The second kappa shape index (κ2) is 8.49. The number of aryl methyl sites for hydroxylation is 3. The normalized spacial score (nSPS) is 17.9.